The summed E-state index contributed by atoms with van der Waals surface area (Å²) in [5, 5.41) is 0. The van der Waals surface area contributed by atoms with Crippen molar-refractivity contribution in [2.24, 2.45) is 0 Å². The first-order valence-corrected chi connectivity index (χ1v) is 11.1. The molecule has 0 heterocycles. The molecule has 0 bridgehead atoms. The van der Waals surface area contributed by atoms with Crippen LogP contribution in [0.25, 0.3) is 0 Å². The van der Waals surface area contributed by atoms with Crippen LogP contribution >= 0.6 is 0 Å². The molecule has 23 heavy (non-hydrogen) atoms. The molecule has 2 rings (SSSR count). The van der Waals surface area contributed by atoms with Gasteiger partial charge in [0, 0.05) is 13.1 Å². The summed E-state index contributed by atoms with van der Waals surface area (Å²) in [6.45, 7) is 1.98. The molecule has 0 spiro atoms. The highest BCUT2D eigenvalue weighted by molar-refractivity contribution is 7.89. The molecule has 1 aromatic rings. The minimum atomic E-state index is -3.54. The van der Waals surface area contributed by atoms with Crippen LogP contribution in [-0.4, -0.2) is 35.7 Å². The van der Waals surface area contributed by atoms with E-state index in [4.69, 9.17) is 0 Å². The maximum atomic E-state index is 12.3. The van der Waals surface area contributed by atoms with Crippen LogP contribution in [0.2, 0.25) is 0 Å². The predicted octanol–water partition coefficient (Wildman–Crippen LogP) is 1.17. The number of fused-ring (bicyclic) bond motifs is 1. The van der Waals surface area contributed by atoms with Crippen LogP contribution in [0.3, 0.4) is 0 Å². The first-order valence-electron chi connectivity index (χ1n) is 7.93. The van der Waals surface area contributed by atoms with Gasteiger partial charge in [0.2, 0.25) is 20.0 Å². The van der Waals surface area contributed by atoms with Gasteiger partial charge in [-0.15, -0.1) is 0 Å². The van der Waals surface area contributed by atoms with E-state index in [-0.39, 0.29) is 23.7 Å². The van der Waals surface area contributed by atoms with Gasteiger partial charge < -0.3 is 0 Å². The summed E-state index contributed by atoms with van der Waals surface area (Å²) in [4.78, 5) is 0.285. The number of hydrogen-bond donors (Lipinski definition) is 2. The van der Waals surface area contributed by atoms with Crippen molar-refractivity contribution in [3.8, 4) is 0 Å². The van der Waals surface area contributed by atoms with Crippen molar-refractivity contribution in [1.29, 1.82) is 0 Å². The van der Waals surface area contributed by atoms with Crippen molar-refractivity contribution in [1.82, 2.24) is 9.44 Å². The van der Waals surface area contributed by atoms with Crippen LogP contribution in [0, 0.1) is 0 Å². The predicted molar refractivity (Wildman–Crippen MR) is 90.4 cm³/mol. The SMILES string of the molecule is CCS(=O)(=O)NCCCNS(=O)(=O)c1ccc2c(c1)CCCC2. The molecular formula is C15H24N2O4S2. The summed E-state index contributed by atoms with van der Waals surface area (Å²) in [6.07, 6.45) is 4.61. The van der Waals surface area contributed by atoms with Gasteiger partial charge in [-0.3, -0.25) is 0 Å². The average Bonchev–Trinajstić information content (AvgIpc) is 2.54. The van der Waals surface area contributed by atoms with Crippen LogP contribution in [-0.2, 0) is 32.9 Å². The molecule has 1 aliphatic rings. The molecule has 1 aliphatic carbocycles. The van der Waals surface area contributed by atoms with Crippen LogP contribution < -0.4 is 9.44 Å². The number of sulfonamides is 2. The quantitative estimate of drug-likeness (QED) is 0.681. The van der Waals surface area contributed by atoms with Crippen LogP contribution in [0.15, 0.2) is 23.1 Å². The average molecular weight is 361 g/mol. The largest absolute Gasteiger partial charge is 0.240 e. The molecule has 0 aromatic heterocycles. The second kappa shape index (κ2) is 7.74. The Bertz CT molecular complexity index is 743. The molecule has 0 aliphatic heterocycles. The molecule has 0 unspecified atom stereocenters. The molecular weight excluding hydrogens is 336 g/mol. The van der Waals surface area contributed by atoms with Crippen molar-refractivity contribution in [3.63, 3.8) is 0 Å². The highest BCUT2D eigenvalue weighted by atomic mass is 32.2. The van der Waals surface area contributed by atoms with Crippen molar-refractivity contribution in [2.75, 3.05) is 18.8 Å². The Hall–Kier alpha value is -0.960. The summed E-state index contributed by atoms with van der Waals surface area (Å²) in [7, 11) is -6.77. The maximum Gasteiger partial charge on any atom is 0.240 e. The minimum Gasteiger partial charge on any atom is -0.215 e. The van der Waals surface area contributed by atoms with Crippen molar-refractivity contribution >= 4 is 20.0 Å². The third-order valence-electron chi connectivity index (χ3n) is 3.98. The number of benzene rings is 1. The van der Waals surface area contributed by atoms with Gasteiger partial charge in [-0.2, -0.15) is 0 Å². The van der Waals surface area contributed by atoms with E-state index in [0.29, 0.717) is 6.42 Å². The maximum absolute atomic E-state index is 12.3. The third-order valence-corrected chi connectivity index (χ3v) is 6.84. The standard InChI is InChI=1S/C15H24N2O4S2/c1-2-22(18,19)16-10-5-11-17-23(20,21)15-9-8-13-6-3-4-7-14(13)12-15/h8-9,12,16-17H,2-7,10-11H2,1H3. The van der Waals surface area contributed by atoms with Crippen LogP contribution in [0.1, 0.15) is 37.3 Å². The van der Waals surface area contributed by atoms with E-state index in [1.54, 1.807) is 19.1 Å². The van der Waals surface area contributed by atoms with Gasteiger partial charge in [0.15, 0.2) is 0 Å². The van der Waals surface area contributed by atoms with E-state index in [2.05, 4.69) is 9.44 Å². The molecule has 0 fully saturated rings. The number of hydrogen-bond acceptors (Lipinski definition) is 4. The van der Waals surface area contributed by atoms with Crippen LogP contribution in [0.4, 0.5) is 0 Å². The fraction of sp³-hybridized carbons (Fsp3) is 0.600. The van der Waals surface area contributed by atoms with Gasteiger partial charge in [-0.1, -0.05) is 6.07 Å². The Morgan fingerprint density at radius 1 is 0.957 bits per heavy atom. The molecule has 0 radical (unpaired) electrons. The number of rotatable bonds is 8. The monoisotopic (exact) mass is 360 g/mol. The second-order valence-electron chi connectivity index (χ2n) is 5.69. The van der Waals surface area contributed by atoms with E-state index >= 15 is 0 Å². The highest BCUT2D eigenvalue weighted by Crippen LogP contribution is 2.23. The Labute approximate surface area is 138 Å². The van der Waals surface area contributed by atoms with Crippen molar-refractivity contribution < 1.29 is 16.8 Å². The van der Waals surface area contributed by atoms with Gasteiger partial charge >= 0.3 is 0 Å². The van der Waals surface area contributed by atoms with Gasteiger partial charge in [0.1, 0.15) is 0 Å². The Balaban J connectivity index is 1.89. The Morgan fingerprint density at radius 3 is 2.30 bits per heavy atom. The lowest BCUT2D eigenvalue weighted by Crippen LogP contribution is -2.30. The first kappa shape index (κ1) is 18.4. The zero-order valence-electron chi connectivity index (χ0n) is 13.3. The number of aryl methyl sites for hydroxylation is 2. The van der Waals surface area contributed by atoms with E-state index in [0.717, 1.165) is 31.2 Å². The second-order valence-corrected chi connectivity index (χ2v) is 9.55. The molecule has 0 amide bonds. The summed E-state index contributed by atoms with van der Waals surface area (Å²) in [6, 6.07) is 5.31. The molecule has 6 nitrogen and oxygen atoms in total. The fourth-order valence-electron chi connectivity index (χ4n) is 2.58. The molecule has 1 aromatic carbocycles. The molecule has 130 valence electrons. The summed E-state index contributed by atoms with van der Waals surface area (Å²) in [5.74, 6) is 0.0217. The van der Waals surface area contributed by atoms with Gasteiger partial charge in [0.25, 0.3) is 0 Å². The minimum absolute atomic E-state index is 0.0217. The van der Waals surface area contributed by atoms with Crippen LogP contribution in [0.5, 0.6) is 0 Å². The number of nitrogens with one attached hydrogen (secondary N) is 2. The lowest BCUT2D eigenvalue weighted by Gasteiger charge is -2.16. The molecule has 0 atom stereocenters. The summed E-state index contributed by atoms with van der Waals surface area (Å²) >= 11 is 0. The van der Waals surface area contributed by atoms with E-state index in [1.165, 1.54) is 5.56 Å². The summed E-state index contributed by atoms with van der Waals surface area (Å²) in [5.41, 5.74) is 2.36. The lowest BCUT2D eigenvalue weighted by atomic mass is 9.92. The van der Waals surface area contributed by atoms with E-state index in [9.17, 15) is 16.8 Å². The normalized spacial score (nSPS) is 15.3. The molecule has 0 saturated heterocycles. The molecule has 8 heteroatoms. The van der Waals surface area contributed by atoms with Gasteiger partial charge in [0.05, 0.1) is 10.6 Å². The Morgan fingerprint density at radius 2 is 1.61 bits per heavy atom. The fourth-order valence-corrected chi connectivity index (χ4v) is 4.37. The Kier molecular flexibility index (Phi) is 6.19. The summed E-state index contributed by atoms with van der Waals surface area (Å²) < 4.78 is 52.0. The molecule has 0 saturated carbocycles. The highest BCUT2D eigenvalue weighted by Gasteiger charge is 2.17. The van der Waals surface area contributed by atoms with Crippen molar-refractivity contribution in [2.45, 2.75) is 43.9 Å². The topological polar surface area (TPSA) is 92.3 Å². The van der Waals surface area contributed by atoms with Crippen molar-refractivity contribution in [3.05, 3.63) is 29.3 Å². The zero-order valence-corrected chi connectivity index (χ0v) is 15.0. The lowest BCUT2D eigenvalue weighted by molar-refractivity contribution is 0.572. The first-order chi connectivity index (χ1) is 10.8. The van der Waals surface area contributed by atoms with Gasteiger partial charge in [-0.25, -0.2) is 26.3 Å². The van der Waals surface area contributed by atoms with E-state index in [1.807, 2.05) is 6.07 Å². The van der Waals surface area contributed by atoms with Gasteiger partial charge in [-0.05, 0) is 62.3 Å². The van der Waals surface area contributed by atoms with E-state index < -0.39 is 20.0 Å². The smallest absolute Gasteiger partial charge is 0.215 e. The third kappa shape index (κ3) is 5.27. The molecule has 2 N–H and O–H groups in total. The zero-order chi connectivity index (χ0) is 16.9.